The number of hydrogen-bond donors (Lipinski definition) is 0. The summed E-state index contributed by atoms with van der Waals surface area (Å²) in [7, 11) is 2.65. The van der Waals surface area contributed by atoms with E-state index in [2.05, 4.69) is 66.9 Å². The lowest BCUT2D eigenvalue weighted by atomic mass is 9.85. The Balaban J connectivity index is 2.43. The van der Waals surface area contributed by atoms with Crippen molar-refractivity contribution in [2.24, 2.45) is 0 Å². The van der Waals surface area contributed by atoms with Crippen LogP contribution in [0.2, 0.25) is 0 Å². The van der Waals surface area contributed by atoms with Gasteiger partial charge in [0.25, 0.3) is 0 Å². The molecule has 21 heavy (non-hydrogen) atoms. The molecule has 1 unspecified atom stereocenters. The molecule has 0 saturated heterocycles. The average molecular weight is 434 g/mol. The van der Waals surface area contributed by atoms with Gasteiger partial charge in [-0.15, -0.1) is 11.6 Å². The number of alkyl halides is 1. The maximum atomic E-state index is 6.27. The Kier molecular flexibility index (Phi) is 4.91. The van der Waals surface area contributed by atoms with E-state index in [1.54, 1.807) is 0 Å². The Hall–Kier alpha value is -0.320. The van der Waals surface area contributed by atoms with Gasteiger partial charge in [-0.3, -0.25) is 4.98 Å². The highest BCUT2D eigenvalue weighted by Gasteiger charge is 2.28. The molecular formula is C15H18ClIN3P. The first-order chi connectivity index (χ1) is 9.60. The monoisotopic (exact) mass is 433 g/mol. The van der Waals surface area contributed by atoms with Crippen molar-refractivity contribution in [1.82, 2.24) is 15.2 Å². The molecule has 2 aromatic rings. The van der Waals surface area contributed by atoms with Crippen molar-refractivity contribution in [3.05, 3.63) is 44.9 Å². The fraction of sp³-hybridized carbons (Fsp3) is 0.400. The van der Waals surface area contributed by atoms with Crippen LogP contribution < -0.4 is 5.44 Å². The molecule has 1 atom stereocenters. The van der Waals surface area contributed by atoms with Crippen LogP contribution in [0.15, 0.2) is 24.3 Å². The number of halogens is 2. The summed E-state index contributed by atoms with van der Waals surface area (Å²) in [4.78, 5) is 4.11. The molecule has 2 heterocycles. The first-order valence-corrected chi connectivity index (χ1v) is 8.61. The van der Waals surface area contributed by atoms with Crippen molar-refractivity contribution in [3.8, 4) is 0 Å². The fourth-order valence-corrected chi connectivity index (χ4v) is 3.32. The number of rotatable bonds is 3. The van der Waals surface area contributed by atoms with Crippen LogP contribution >= 0.6 is 43.4 Å². The third-order valence-electron chi connectivity index (χ3n) is 3.36. The topological polar surface area (TPSA) is 38.7 Å². The Bertz CT molecular complexity index is 631. The van der Waals surface area contributed by atoms with Crippen LogP contribution in [0.4, 0.5) is 0 Å². The maximum absolute atomic E-state index is 6.27. The summed E-state index contributed by atoms with van der Waals surface area (Å²) in [6.07, 6.45) is 0. The Morgan fingerprint density at radius 3 is 2.05 bits per heavy atom. The molecule has 2 aromatic heterocycles. The number of pyridine rings is 1. The van der Waals surface area contributed by atoms with Crippen molar-refractivity contribution in [3.63, 3.8) is 0 Å². The van der Waals surface area contributed by atoms with Crippen LogP contribution in [0, 0.1) is 3.57 Å². The molecule has 0 bridgehead atoms. The second kappa shape index (κ2) is 6.05. The van der Waals surface area contributed by atoms with Crippen LogP contribution in [-0.4, -0.2) is 15.2 Å². The molecule has 112 valence electrons. The van der Waals surface area contributed by atoms with Crippen molar-refractivity contribution in [1.29, 1.82) is 0 Å². The molecule has 3 nitrogen and oxygen atoms in total. The lowest BCUT2D eigenvalue weighted by Gasteiger charge is -2.24. The van der Waals surface area contributed by atoms with Crippen molar-refractivity contribution >= 4 is 48.9 Å². The normalized spacial score (nSPS) is 12.5. The van der Waals surface area contributed by atoms with Gasteiger partial charge in [-0.1, -0.05) is 9.24 Å². The van der Waals surface area contributed by atoms with Crippen molar-refractivity contribution in [2.45, 2.75) is 38.0 Å². The fourth-order valence-electron chi connectivity index (χ4n) is 1.95. The lowest BCUT2D eigenvalue weighted by molar-refractivity contribution is 0.576. The van der Waals surface area contributed by atoms with E-state index in [1.165, 1.54) is 0 Å². The smallest absolute Gasteiger partial charge is 0.0835 e. The molecule has 2 rings (SSSR count). The summed E-state index contributed by atoms with van der Waals surface area (Å²) in [6, 6.07) is 8.02. The van der Waals surface area contributed by atoms with Gasteiger partial charge in [0, 0.05) is 3.57 Å². The minimum atomic E-state index is -0.511. The zero-order valence-corrected chi connectivity index (χ0v) is 16.6. The quantitative estimate of drug-likeness (QED) is 0.420. The Morgan fingerprint density at radius 2 is 1.57 bits per heavy atom. The zero-order chi connectivity index (χ0) is 15.8. The first kappa shape index (κ1) is 17.0. The van der Waals surface area contributed by atoms with E-state index in [0.717, 1.165) is 26.1 Å². The first-order valence-electron chi connectivity index (χ1n) is 6.58. The standard InChI is InChI=1S/C15H18ClIN3P/c1-14(2,12-7-9(17)8-13(21)18-12)10-5-6-11(20-19-10)15(3,4)16/h5-8H,21H2,1-4H3. The molecule has 0 radical (unpaired) electrons. The average Bonchev–Trinajstić information content (AvgIpc) is 2.36. The van der Waals surface area contributed by atoms with E-state index >= 15 is 0 Å². The van der Waals surface area contributed by atoms with Crippen molar-refractivity contribution < 1.29 is 0 Å². The summed E-state index contributed by atoms with van der Waals surface area (Å²) in [6.45, 7) is 8.02. The minimum Gasteiger partial charge on any atom is -0.253 e. The zero-order valence-electron chi connectivity index (χ0n) is 12.5. The SMILES string of the molecule is CC(C)(Cl)c1ccc(C(C)(C)c2cc(I)cc(P)n2)nn1. The number of aromatic nitrogens is 3. The molecule has 0 fully saturated rings. The molecular weight excluding hydrogens is 416 g/mol. The van der Waals surface area contributed by atoms with Gasteiger partial charge in [-0.05, 0) is 74.6 Å². The summed E-state index contributed by atoms with van der Waals surface area (Å²) in [5.41, 5.74) is 3.24. The summed E-state index contributed by atoms with van der Waals surface area (Å²) < 4.78 is 1.15. The van der Waals surface area contributed by atoms with Crippen LogP contribution in [0.5, 0.6) is 0 Å². The van der Waals surface area contributed by atoms with Gasteiger partial charge in [0.15, 0.2) is 0 Å². The van der Waals surface area contributed by atoms with Gasteiger partial charge in [-0.2, -0.15) is 10.2 Å². The molecule has 0 spiro atoms. The van der Waals surface area contributed by atoms with Crippen LogP contribution in [-0.2, 0) is 10.3 Å². The van der Waals surface area contributed by atoms with Gasteiger partial charge in [0.2, 0.25) is 0 Å². The van der Waals surface area contributed by atoms with Crippen LogP contribution in [0.1, 0.15) is 44.8 Å². The predicted octanol–water partition coefficient (Wildman–Crippen LogP) is 3.78. The summed E-state index contributed by atoms with van der Waals surface area (Å²) in [5.74, 6) is 0. The molecule has 0 aliphatic rings. The highest BCUT2D eigenvalue weighted by atomic mass is 127. The van der Waals surface area contributed by atoms with Crippen molar-refractivity contribution in [2.75, 3.05) is 0 Å². The molecule has 6 heteroatoms. The number of hydrogen-bond acceptors (Lipinski definition) is 3. The second-order valence-corrected chi connectivity index (χ2v) is 8.78. The van der Waals surface area contributed by atoms with Gasteiger partial charge in [0.05, 0.1) is 32.8 Å². The lowest BCUT2D eigenvalue weighted by Crippen LogP contribution is -2.25. The molecule has 0 aliphatic heterocycles. The largest absolute Gasteiger partial charge is 0.253 e. The third-order valence-corrected chi connectivity index (χ3v) is 4.48. The highest BCUT2D eigenvalue weighted by Crippen LogP contribution is 2.31. The third kappa shape index (κ3) is 3.91. The Labute approximate surface area is 146 Å². The summed E-state index contributed by atoms with van der Waals surface area (Å²) in [5, 5.41) is 8.64. The van der Waals surface area contributed by atoms with Crippen LogP contribution in [0.25, 0.3) is 0 Å². The van der Waals surface area contributed by atoms with Gasteiger partial charge < -0.3 is 0 Å². The predicted molar refractivity (Wildman–Crippen MR) is 99.3 cm³/mol. The molecule has 0 N–H and O–H groups in total. The van der Waals surface area contributed by atoms with E-state index in [0.29, 0.717) is 0 Å². The minimum absolute atomic E-state index is 0.311. The molecule has 0 amide bonds. The maximum Gasteiger partial charge on any atom is 0.0835 e. The molecule has 0 saturated carbocycles. The van der Waals surface area contributed by atoms with E-state index in [-0.39, 0.29) is 5.41 Å². The molecule has 0 aromatic carbocycles. The summed E-state index contributed by atoms with van der Waals surface area (Å²) >= 11 is 8.56. The van der Waals surface area contributed by atoms with E-state index in [9.17, 15) is 0 Å². The van der Waals surface area contributed by atoms with E-state index < -0.39 is 4.87 Å². The van der Waals surface area contributed by atoms with Crippen LogP contribution in [0.3, 0.4) is 0 Å². The van der Waals surface area contributed by atoms with E-state index in [1.807, 2.05) is 32.0 Å². The van der Waals surface area contributed by atoms with E-state index in [4.69, 9.17) is 11.6 Å². The Morgan fingerprint density at radius 1 is 1.00 bits per heavy atom. The van der Waals surface area contributed by atoms with Gasteiger partial charge in [0.1, 0.15) is 0 Å². The molecule has 0 aliphatic carbocycles. The highest BCUT2D eigenvalue weighted by molar-refractivity contribution is 14.1. The van der Waals surface area contributed by atoms with Gasteiger partial charge >= 0.3 is 0 Å². The number of nitrogens with zero attached hydrogens (tertiary/aromatic N) is 3. The van der Waals surface area contributed by atoms with Gasteiger partial charge in [-0.25, -0.2) is 0 Å². The second-order valence-electron chi connectivity index (χ2n) is 6.00.